The number of hydrogen-bond donors (Lipinski definition) is 3. The molecule has 2 aromatic carbocycles. The van der Waals surface area contributed by atoms with Gasteiger partial charge in [-0.25, -0.2) is 9.82 Å². The summed E-state index contributed by atoms with van der Waals surface area (Å²) >= 11 is 13.2. The van der Waals surface area contributed by atoms with E-state index in [4.69, 9.17) is 28.6 Å². The van der Waals surface area contributed by atoms with Crippen LogP contribution in [0.15, 0.2) is 53.4 Å². The summed E-state index contributed by atoms with van der Waals surface area (Å²) in [6.07, 6.45) is 1.85. The molecule has 2 aromatic rings. The average Bonchev–Trinajstić information content (AvgIpc) is 3.22. The van der Waals surface area contributed by atoms with Crippen LogP contribution in [0, 0.1) is 17.1 Å². The molecule has 3 N–H and O–H groups in total. The number of benzene rings is 2. The lowest BCUT2D eigenvalue weighted by atomic mass is 9.94. The maximum atomic E-state index is 13.2. The van der Waals surface area contributed by atoms with E-state index in [0.717, 1.165) is 17.3 Å². The highest BCUT2D eigenvalue weighted by molar-refractivity contribution is 8.19. The van der Waals surface area contributed by atoms with Crippen LogP contribution in [0.2, 0.25) is 10.0 Å². The largest absolute Gasteiger partial charge is 0.278 e. The van der Waals surface area contributed by atoms with Crippen molar-refractivity contribution in [2.45, 2.75) is 6.04 Å². The third-order valence-corrected chi connectivity index (χ3v) is 6.04. The molecule has 1 amide bonds. The van der Waals surface area contributed by atoms with Crippen LogP contribution in [-0.2, 0) is 4.79 Å². The number of hydrazine groups is 1. The molecule has 0 spiro atoms. The minimum atomic E-state index is -0.302. The first kappa shape index (κ1) is 19.4. The van der Waals surface area contributed by atoms with E-state index in [9.17, 15) is 9.18 Å². The number of anilines is 1. The maximum Gasteiger partial charge on any atom is 0.271 e. The van der Waals surface area contributed by atoms with Crippen molar-refractivity contribution < 1.29 is 9.18 Å². The summed E-state index contributed by atoms with van der Waals surface area (Å²) in [5.74, 6) is -0.635. The van der Waals surface area contributed by atoms with E-state index in [1.165, 1.54) is 17.0 Å². The number of amides is 1. The van der Waals surface area contributed by atoms with Crippen molar-refractivity contribution in [3.05, 3.63) is 74.9 Å². The number of hydrogen-bond acceptors (Lipinski definition) is 5. The van der Waals surface area contributed by atoms with E-state index in [0.29, 0.717) is 27.2 Å². The molecule has 2 unspecified atom stereocenters. The highest BCUT2D eigenvalue weighted by Crippen LogP contribution is 2.40. The van der Waals surface area contributed by atoms with Gasteiger partial charge in [0.15, 0.2) is 5.17 Å². The van der Waals surface area contributed by atoms with Gasteiger partial charge in [0.2, 0.25) is 0 Å². The van der Waals surface area contributed by atoms with E-state index in [1.807, 2.05) is 6.08 Å². The zero-order valence-corrected chi connectivity index (χ0v) is 16.7. The van der Waals surface area contributed by atoms with E-state index < -0.39 is 0 Å². The monoisotopic (exact) mass is 436 g/mol. The van der Waals surface area contributed by atoms with Crippen LogP contribution < -0.4 is 15.8 Å². The second kappa shape index (κ2) is 7.85. The zero-order valence-electron chi connectivity index (χ0n) is 14.4. The average molecular weight is 437 g/mol. The highest BCUT2D eigenvalue weighted by atomic mass is 35.5. The third kappa shape index (κ3) is 3.68. The van der Waals surface area contributed by atoms with Gasteiger partial charge in [-0.05, 0) is 47.7 Å². The van der Waals surface area contributed by atoms with Crippen LogP contribution in [0.1, 0.15) is 11.6 Å². The smallest absolute Gasteiger partial charge is 0.271 e. The summed E-state index contributed by atoms with van der Waals surface area (Å²) in [6.45, 7) is 0.606. The third-order valence-electron chi connectivity index (χ3n) is 4.59. The molecule has 144 valence electrons. The van der Waals surface area contributed by atoms with Gasteiger partial charge in [0, 0.05) is 17.5 Å². The van der Waals surface area contributed by atoms with Crippen LogP contribution in [0.25, 0.3) is 0 Å². The van der Waals surface area contributed by atoms with Gasteiger partial charge >= 0.3 is 0 Å². The maximum absolute atomic E-state index is 13.2. The first-order chi connectivity index (χ1) is 13.4. The van der Waals surface area contributed by atoms with Crippen LogP contribution in [-0.4, -0.2) is 17.6 Å². The molecular weight excluding hydrogens is 422 g/mol. The van der Waals surface area contributed by atoms with Gasteiger partial charge in [-0.1, -0.05) is 41.4 Å². The lowest BCUT2D eigenvalue weighted by molar-refractivity contribution is -0.113. The van der Waals surface area contributed by atoms with Gasteiger partial charge in [0.1, 0.15) is 5.82 Å². The summed E-state index contributed by atoms with van der Waals surface area (Å²) in [4.78, 5) is 14.7. The normalized spacial score (nSPS) is 23.8. The lowest BCUT2D eigenvalue weighted by Crippen LogP contribution is -2.28. The van der Waals surface area contributed by atoms with Crippen molar-refractivity contribution in [3.63, 3.8) is 0 Å². The van der Waals surface area contributed by atoms with Crippen molar-refractivity contribution in [2.75, 3.05) is 11.4 Å². The number of carbonyl (C=O) groups is 1. The summed E-state index contributed by atoms with van der Waals surface area (Å²) < 4.78 is 13.2. The molecule has 2 aliphatic heterocycles. The molecule has 2 heterocycles. The van der Waals surface area contributed by atoms with Crippen LogP contribution in [0.5, 0.6) is 0 Å². The molecule has 2 saturated heterocycles. The Morgan fingerprint density at radius 1 is 1.21 bits per heavy atom. The molecule has 0 aliphatic carbocycles. The van der Waals surface area contributed by atoms with Crippen molar-refractivity contribution in [1.29, 1.82) is 5.41 Å². The van der Waals surface area contributed by atoms with E-state index in [1.54, 1.807) is 30.3 Å². The summed E-state index contributed by atoms with van der Waals surface area (Å²) in [5.41, 5.74) is 7.58. The quantitative estimate of drug-likeness (QED) is 0.619. The number of carbonyl (C=O) groups excluding carboxylic acids is 1. The number of rotatable bonds is 3. The van der Waals surface area contributed by atoms with Crippen molar-refractivity contribution in [2.24, 2.45) is 5.92 Å². The Hall–Kier alpha value is -1.90. The second-order valence-electron chi connectivity index (χ2n) is 6.39. The Labute approximate surface area is 175 Å². The molecule has 2 atom stereocenters. The van der Waals surface area contributed by atoms with Gasteiger partial charge in [-0.15, -0.1) is 0 Å². The van der Waals surface area contributed by atoms with Crippen LogP contribution >= 0.6 is 35.0 Å². The van der Waals surface area contributed by atoms with Crippen LogP contribution in [0.3, 0.4) is 0 Å². The van der Waals surface area contributed by atoms with E-state index in [-0.39, 0.29) is 28.9 Å². The molecule has 28 heavy (non-hydrogen) atoms. The predicted molar refractivity (Wildman–Crippen MR) is 111 cm³/mol. The van der Waals surface area contributed by atoms with Gasteiger partial charge in [-0.3, -0.25) is 20.5 Å². The Balaban J connectivity index is 1.60. The summed E-state index contributed by atoms with van der Waals surface area (Å²) in [7, 11) is 0. The topological polar surface area (TPSA) is 68.2 Å². The number of thioether (sulfide) groups is 1. The zero-order chi connectivity index (χ0) is 19.8. The van der Waals surface area contributed by atoms with Gasteiger partial charge < -0.3 is 0 Å². The van der Waals surface area contributed by atoms with Crippen molar-refractivity contribution in [1.82, 2.24) is 10.9 Å². The Bertz CT molecular complexity index is 982. The molecule has 0 bridgehead atoms. The second-order valence-corrected chi connectivity index (χ2v) is 8.27. The predicted octanol–water partition coefficient (Wildman–Crippen LogP) is 4.50. The van der Waals surface area contributed by atoms with Crippen LogP contribution in [0.4, 0.5) is 10.1 Å². The first-order valence-corrected chi connectivity index (χ1v) is 10.0. The molecule has 0 radical (unpaired) electrons. The highest BCUT2D eigenvalue weighted by Gasteiger charge is 2.37. The molecule has 4 rings (SSSR count). The number of nitrogens with zero attached hydrogens (tertiary/aromatic N) is 1. The number of nitrogens with one attached hydrogen (secondary N) is 3. The Morgan fingerprint density at radius 2 is 1.96 bits per heavy atom. The molecule has 2 fully saturated rings. The molecule has 9 heteroatoms. The lowest BCUT2D eigenvalue weighted by Gasteiger charge is -2.17. The van der Waals surface area contributed by atoms with Gasteiger partial charge in [0.25, 0.3) is 5.91 Å². The van der Waals surface area contributed by atoms with Crippen molar-refractivity contribution in [3.8, 4) is 0 Å². The molecular formula is C19H15Cl2FN4OS. The van der Waals surface area contributed by atoms with Gasteiger partial charge in [-0.2, -0.15) is 0 Å². The number of amidine groups is 1. The summed E-state index contributed by atoms with van der Waals surface area (Å²) in [5, 5.41) is 9.08. The molecule has 2 aliphatic rings. The molecule has 5 nitrogen and oxygen atoms in total. The Kier molecular flexibility index (Phi) is 5.44. The van der Waals surface area contributed by atoms with Crippen molar-refractivity contribution >= 4 is 51.7 Å². The SMILES string of the molecule is N=C1S/C(=C\C2CNNC2c2ccc(F)cc2)C(=O)N1c1ccc(Cl)cc1Cl. The fourth-order valence-corrected chi connectivity index (χ4v) is 4.64. The Morgan fingerprint density at radius 3 is 2.68 bits per heavy atom. The van der Waals surface area contributed by atoms with Gasteiger partial charge in [0.05, 0.1) is 21.7 Å². The fraction of sp³-hybridized carbons (Fsp3) is 0.158. The minimum Gasteiger partial charge on any atom is -0.278 e. The van der Waals surface area contributed by atoms with E-state index in [2.05, 4.69) is 10.9 Å². The fourth-order valence-electron chi connectivity index (χ4n) is 3.24. The minimum absolute atomic E-state index is 0.0367. The number of halogens is 3. The van der Waals surface area contributed by atoms with E-state index >= 15 is 0 Å². The first-order valence-electron chi connectivity index (χ1n) is 8.45. The molecule has 0 aromatic heterocycles. The summed E-state index contributed by atoms with van der Waals surface area (Å²) in [6, 6.07) is 11.0. The molecule has 0 saturated carbocycles. The standard InChI is InChI=1S/C19H15Cl2FN4OS/c20-12-3-6-15(14(21)8-12)26-18(27)16(28-19(26)23)7-11-9-24-25-17(11)10-1-4-13(22)5-2-10/h1-8,11,17,23-25H,9H2/b16-7-,23-19?.